The summed E-state index contributed by atoms with van der Waals surface area (Å²) >= 11 is 6.39. The van der Waals surface area contributed by atoms with Crippen LogP contribution in [-0.4, -0.2) is 17.6 Å². The van der Waals surface area contributed by atoms with Crippen molar-refractivity contribution in [3.8, 4) is 17.0 Å². The summed E-state index contributed by atoms with van der Waals surface area (Å²) in [6.07, 6.45) is 0.759. The van der Waals surface area contributed by atoms with Crippen molar-refractivity contribution in [3.63, 3.8) is 0 Å². The van der Waals surface area contributed by atoms with Crippen LogP contribution in [0, 0.1) is 6.92 Å². The van der Waals surface area contributed by atoms with Gasteiger partial charge in [-0.1, -0.05) is 48.0 Å². The molecule has 0 atom stereocenters. The van der Waals surface area contributed by atoms with Gasteiger partial charge in [-0.25, -0.2) is 0 Å². The third-order valence-electron chi connectivity index (χ3n) is 4.58. The zero-order chi connectivity index (χ0) is 18.7. The monoisotopic (exact) mass is 368 g/mol. The van der Waals surface area contributed by atoms with Crippen LogP contribution in [0.25, 0.3) is 11.3 Å². The van der Waals surface area contributed by atoms with Crippen LogP contribution in [0.4, 0.5) is 0 Å². The lowest BCUT2D eigenvalue weighted by Crippen LogP contribution is -2.13. The van der Waals surface area contributed by atoms with Crippen LogP contribution in [0.5, 0.6) is 5.75 Å². The predicted octanol–water partition coefficient (Wildman–Crippen LogP) is 4.47. The van der Waals surface area contributed by atoms with Crippen molar-refractivity contribution in [2.45, 2.75) is 19.9 Å². The van der Waals surface area contributed by atoms with Crippen molar-refractivity contribution < 1.29 is 9.53 Å². The van der Waals surface area contributed by atoms with Gasteiger partial charge in [-0.2, -0.15) is 0 Å². The van der Waals surface area contributed by atoms with Crippen molar-refractivity contribution in [3.05, 3.63) is 76.4 Å². The summed E-state index contributed by atoms with van der Waals surface area (Å²) < 4.78 is 7.53. The minimum Gasteiger partial charge on any atom is -0.496 e. The van der Waals surface area contributed by atoms with Crippen LogP contribution in [0.1, 0.15) is 21.6 Å². The van der Waals surface area contributed by atoms with E-state index < -0.39 is 5.91 Å². The zero-order valence-electron chi connectivity index (χ0n) is 14.8. The van der Waals surface area contributed by atoms with Crippen LogP contribution < -0.4 is 10.5 Å². The lowest BCUT2D eigenvalue weighted by atomic mass is 10.1. The second-order valence-corrected chi connectivity index (χ2v) is 6.49. The summed E-state index contributed by atoms with van der Waals surface area (Å²) in [4.78, 5) is 11.8. The number of carbonyl (C=O) groups excluding carboxylic acids is 1. The van der Waals surface area contributed by atoms with Gasteiger partial charge >= 0.3 is 0 Å². The average Bonchev–Trinajstić information content (AvgIpc) is 2.97. The van der Waals surface area contributed by atoms with E-state index in [0.717, 1.165) is 34.7 Å². The topological polar surface area (TPSA) is 57.2 Å². The maximum atomic E-state index is 11.8. The molecule has 0 saturated heterocycles. The molecule has 3 aromatic rings. The molecule has 0 aliphatic carbocycles. The van der Waals surface area contributed by atoms with Crippen molar-refractivity contribution in [1.29, 1.82) is 0 Å². The molecule has 0 unspecified atom stereocenters. The number of halogens is 1. The minimum atomic E-state index is -0.438. The lowest BCUT2D eigenvalue weighted by Gasteiger charge is -2.14. The lowest BCUT2D eigenvalue weighted by molar-refractivity contribution is 0.0999. The Morgan fingerprint density at radius 2 is 1.85 bits per heavy atom. The second-order valence-electron chi connectivity index (χ2n) is 6.09. The number of carbonyl (C=O) groups is 1. The standard InChI is InChI=1S/C21H21ClN2O2/c1-14-17(21(23)25)13-19(16-8-4-5-9-18(16)22)24(14)12-11-15-7-3-6-10-20(15)26-2/h3-10,13H,11-12H2,1-2H3,(H2,23,25). The Labute approximate surface area is 158 Å². The molecule has 0 aliphatic rings. The van der Waals surface area contributed by atoms with E-state index in [1.807, 2.05) is 61.5 Å². The highest BCUT2D eigenvalue weighted by molar-refractivity contribution is 6.33. The van der Waals surface area contributed by atoms with Crippen LogP contribution in [0.15, 0.2) is 54.6 Å². The Bertz CT molecular complexity index is 947. The number of rotatable bonds is 6. The zero-order valence-corrected chi connectivity index (χ0v) is 15.6. The van der Waals surface area contributed by atoms with Crippen LogP contribution in [0.2, 0.25) is 5.02 Å². The molecule has 0 saturated carbocycles. The van der Waals surface area contributed by atoms with E-state index in [-0.39, 0.29) is 0 Å². The number of benzene rings is 2. The molecule has 5 heteroatoms. The van der Waals surface area contributed by atoms with E-state index in [1.165, 1.54) is 0 Å². The van der Waals surface area contributed by atoms with E-state index >= 15 is 0 Å². The summed E-state index contributed by atoms with van der Waals surface area (Å²) in [5.41, 5.74) is 9.78. The quantitative estimate of drug-likeness (QED) is 0.698. The Hall–Kier alpha value is -2.72. The highest BCUT2D eigenvalue weighted by atomic mass is 35.5. The Morgan fingerprint density at radius 1 is 1.15 bits per heavy atom. The van der Waals surface area contributed by atoms with Gasteiger partial charge in [0.25, 0.3) is 5.91 Å². The SMILES string of the molecule is COc1ccccc1CCn1c(-c2ccccc2Cl)cc(C(N)=O)c1C. The average molecular weight is 369 g/mol. The first-order valence-corrected chi connectivity index (χ1v) is 8.77. The number of ether oxygens (including phenoxy) is 1. The van der Waals surface area contributed by atoms with Gasteiger partial charge in [0, 0.05) is 22.8 Å². The molecule has 1 amide bonds. The molecule has 0 aliphatic heterocycles. The minimum absolute atomic E-state index is 0.438. The molecular weight excluding hydrogens is 348 g/mol. The number of primary amides is 1. The number of nitrogens with zero attached hydrogens (tertiary/aromatic N) is 1. The fraction of sp³-hybridized carbons (Fsp3) is 0.190. The van der Waals surface area contributed by atoms with Crippen molar-refractivity contribution >= 4 is 17.5 Å². The predicted molar refractivity (Wildman–Crippen MR) is 105 cm³/mol. The maximum Gasteiger partial charge on any atom is 0.250 e. The molecule has 3 rings (SSSR count). The highest BCUT2D eigenvalue weighted by Gasteiger charge is 2.18. The van der Waals surface area contributed by atoms with E-state index in [4.69, 9.17) is 22.1 Å². The number of hydrogen-bond acceptors (Lipinski definition) is 2. The number of aromatic nitrogens is 1. The fourth-order valence-corrected chi connectivity index (χ4v) is 3.45. The third kappa shape index (κ3) is 3.46. The molecule has 0 radical (unpaired) electrons. The first kappa shape index (κ1) is 18.1. The van der Waals surface area contributed by atoms with Crippen molar-refractivity contribution in [2.24, 2.45) is 5.73 Å². The Kier molecular flexibility index (Phi) is 5.33. The van der Waals surface area contributed by atoms with Gasteiger partial charge in [-0.3, -0.25) is 4.79 Å². The molecule has 2 N–H and O–H groups in total. The fourth-order valence-electron chi connectivity index (χ4n) is 3.22. The third-order valence-corrected chi connectivity index (χ3v) is 4.91. The smallest absolute Gasteiger partial charge is 0.250 e. The summed E-state index contributed by atoms with van der Waals surface area (Å²) in [5, 5.41) is 0.638. The van der Waals surface area contributed by atoms with E-state index in [1.54, 1.807) is 7.11 Å². The van der Waals surface area contributed by atoms with E-state index in [0.29, 0.717) is 17.1 Å². The number of amides is 1. The van der Waals surface area contributed by atoms with Gasteiger partial charge in [0.15, 0.2) is 0 Å². The largest absolute Gasteiger partial charge is 0.496 e. The van der Waals surface area contributed by atoms with Gasteiger partial charge < -0.3 is 15.0 Å². The van der Waals surface area contributed by atoms with Crippen LogP contribution >= 0.6 is 11.6 Å². The van der Waals surface area contributed by atoms with E-state index in [9.17, 15) is 4.79 Å². The summed E-state index contributed by atoms with van der Waals surface area (Å²) in [7, 11) is 1.67. The number of nitrogens with two attached hydrogens (primary N) is 1. The first-order chi connectivity index (χ1) is 12.5. The number of methoxy groups -OCH3 is 1. The Morgan fingerprint density at radius 3 is 2.54 bits per heavy atom. The maximum absolute atomic E-state index is 11.8. The molecule has 0 spiro atoms. The molecule has 1 aromatic heterocycles. The molecule has 134 valence electrons. The summed E-state index contributed by atoms with van der Waals surface area (Å²) in [5.74, 6) is 0.415. The van der Waals surface area contributed by atoms with Crippen molar-refractivity contribution in [1.82, 2.24) is 4.57 Å². The molecule has 26 heavy (non-hydrogen) atoms. The second kappa shape index (κ2) is 7.67. The molecule has 0 fully saturated rings. The number of hydrogen-bond donors (Lipinski definition) is 1. The summed E-state index contributed by atoms with van der Waals surface area (Å²) in [6, 6.07) is 17.3. The van der Waals surface area contributed by atoms with E-state index in [2.05, 4.69) is 4.57 Å². The van der Waals surface area contributed by atoms with Gasteiger partial charge in [0.2, 0.25) is 0 Å². The van der Waals surface area contributed by atoms with Crippen LogP contribution in [0.3, 0.4) is 0 Å². The van der Waals surface area contributed by atoms with Gasteiger partial charge in [0.05, 0.1) is 18.4 Å². The Balaban J connectivity index is 2.03. The van der Waals surface area contributed by atoms with Crippen LogP contribution in [-0.2, 0) is 13.0 Å². The normalized spacial score (nSPS) is 10.7. The highest BCUT2D eigenvalue weighted by Crippen LogP contribution is 2.32. The molecule has 4 nitrogen and oxygen atoms in total. The van der Waals surface area contributed by atoms with Gasteiger partial charge in [0.1, 0.15) is 5.75 Å². The number of para-hydroxylation sites is 1. The van der Waals surface area contributed by atoms with Gasteiger partial charge in [-0.05, 0) is 37.1 Å². The molecule has 0 bridgehead atoms. The first-order valence-electron chi connectivity index (χ1n) is 8.39. The molecule has 1 heterocycles. The van der Waals surface area contributed by atoms with Crippen molar-refractivity contribution in [2.75, 3.05) is 7.11 Å². The molecule has 2 aromatic carbocycles. The summed E-state index contributed by atoms with van der Waals surface area (Å²) in [6.45, 7) is 2.59. The number of aryl methyl sites for hydroxylation is 1. The van der Waals surface area contributed by atoms with Gasteiger partial charge in [-0.15, -0.1) is 0 Å². The molecular formula is C21H21ClN2O2.